The fourth-order valence-corrected chi connectivity index (χ4v) is 2.26. The molecule has 1 heterocycles. The van der Waals surface area contributed by atoms with E-state index in [9.17, 15) is 4.79 Å². The van der Waals surface area contributed by atoms with Crippen molar-refractivity contribution < 1.29 is 9.53 Å². The van der Waals surface area contributed by atoms with Crippen LogP contribution >= 0.6 is 0 Å². The standard InChI is InChI=1S/C18H24N4O2/c1-4-5-10-22(2)17-13-19-15(12-20-17)18(23)21-11-14-8-6-7-9-16(14)24-3/h6-9,12-13H,4-5,10-11H2,1-3H3,(H,21,23). The summed E-state index contributed by atoms with van der Waals surface area (Å²) in [6, 6.07) is 7.58. The van der Waals surface area contributed by atoms with Crippen molar-refractivity contribution in [1.82, 2.24) is 15.3 Å². The Bertz CT molecular complexity index is 658. The van der Waals surface area contributed by atoms with Crippen molar-refractivity contribution in [3.8, 4) is 5.75 Å². The summed E-state index contributed by atoms with van der Waals surface area (Å²) < 4.78 is 5.27. The molecule has 0 fully saturated rings. The van der Waals surface area contributed by atoms with Gasteiger partial charge in [-0.2, -0.15) is 0 Å². The normalized spacial score (nSPS) is 10.3. The molecule has 0 aliphatic rings. The van der Waals surface area contributed by atoms with E-state index in [2.05, 4.69) is 22.2 Å². The molecule has 0 saturated heterocycles. The van der Waals surface area contributed by atoms with E-state index in [1.54, 1.807) is 13.3 Å². The van der Waals surface area contributed by atoms with Gasteiger partial charge in [-0.1, -0.05) is 31.5 Å². The first kappa shape index (κ1) is 17.7. The van der Waals surface area contributed by atoms with Crippen LogP contribution in [0.4, 0.5) is 5.82 Å². The Balaban J connectivity index is 1.95. The van der Waals surface area contributed by atoms with Gasteiger partial charge in [-0.05, 0) is 12.5 Å². The Morgan fingerprint density at radius 2 is 2.04 bits per heavy atom. The summed E-state index contributed by atoms with van der Waals surface area (Å²) in [6.07, 6.45) is 5.36. The average molecular weight is 328 g/mol. The van der Waals surface area contributed by atoms with Crippen LogP contribution in [0.15, 0.2) is 36.7 Å². The molecule has 24 heavy (non-hydrogen) atoms. The van der Waals surface area contributed by atoms with E-state index in [1.807, 2.05) is 36.2 Å². The first-order valence-electron chi connectivity index (χ1n) is 8.09. The van der Waals surface area contributed by atoms with E-state index in [0.717, 1.165) is 36.5 Å². The Kier molecular flexibility index (Phi) is 6.54. The van der Waals surface area contributed by atoms with Crippen LogP contribution in [-0.4, -0.2) is 36.6 Å². The second kappa shape index (κ2) is 8.86. The molecule has 0 radical (unpaired) electrons. The number of carbonyl (C=O) groups is 1. The largest absolute Gasteiger partial charge is 0.496 e. The monoisotopic (exact) mass is 328 g/mol. The Morgan fingerprint density at radius 3 is 2.71 bits per heavy atom. The molecule has 1 aromatic heterocycles. The SMILES string of the molecule is CCCCN(C)c1cnc(C(=O)NCc2ccccc2OC)cn1. The zero-order valence-electron chi connectivity index (χ0n) is 14.5. The van der Waals surface area contributed by atoms with Gasteiger partial charge in [-0.15, -0.1) is 0 Å². The van der Waals surface area contributed by atoms with Crippen LogP contribution in [-0.2, 0) is 6.54 Å². The van der Waals surface area contributed by atoms with Gasteiger partial charge in [0.2, 0.25) is 0 Å². The van der Waals surface area contributed by atoms with Crippen LogP contribution in [0.25, 0.3) is 0 Å². The zero-order chi connectivity index (χ0) is 17.4. The molecule has 0 atom stereocenters. The van der Waals surface area contributed by atoms with E-state index in [0.29, 0.717) is 12.2 Å². The van der Waals surface area contributed by atoms with Gasteiger partial charge >= 0.3 is 0 Å². The molecule has 2 rings (SSSR count). The number of nitrogens with one attached hydrogen (secondary N) is 1. The van der Waals surface area contributed by atoms with Gasteiger partial charge < -0.3 is 15.0 Å². The number of para-hydroxylation sites is 1. The number of hydrogen-bond acceptors (Lipinski definition) is 5. The summed E-state index contributed by atoms with van der Waals surface area (Å²) in [6.45, 7) is 3.45. The third-order valence-electron chi connectivity index (χ3n) is 3.74. The lowest BCUT2D eigenvalue weighted by molar-refractivity contribution is 0.0945. The lowest BCUT2D eigenvalue weighted by atomic mass is 10.2. The molecule has 6 heteroatoms. The summed E-state index contributed by atoms with van der Waals surface area (Å²) in [5, 5.41) is 2.84. The summed E-state index contributed by atoms with van der Waals surface area (Å²) >= 11 is 0. The van der Waals surface area contributed by atoms with Crippen LogP contribution in [0.5, 0.6) is 5.75 Å². The molecule has 1 aromatic carbocycles. The highest BCUT2D eigenvalue weighted by molar-refractivity contribution is 5.92. The van der Waals surface area contributed by atoms with Gasteiger partial charge in [0.15, 0.2) is 0 Å². The number of anilines is 1. The number of aromatic nitrogens is 2. The first-order valence-corrected chi connectivity index (χ1v) is 8.09. The Labute approximate surface area is 142 Å². The maximum absolute atomic E-state index is 12.2. The molecule has 0 aliphatic carbocycles. The van der Waals surface area contributed by atoms with Gasteiger partial charge in [0, 0.05) is 25.7 Å². The van der Waals surface area contributed by atoms with Gasteiger partial charge in [-0.3, -0.25) is 4.79 Å². The maximum atomic E-state index is 12.2. The zero-order valence-corrected chi connectivity index (χ0v) is 14.5. The number of nitrogens with zero attached hydrogens (tertiary/aromatic N) is 3. The first-order chi connectivity index (χ1) is 11.7. The van der Waals surface area contributed by atoms with Crippen LogP contribution < -0.4 is 15.0 Å². The molecule has 0 bridgehead atoms. The number of amides is 1. The molecule has 2 aromatic rings. The Hall–Kier alpha value is -2.63. The van der Waals surface area contributed by atoms with Gasteiger partial charge in [0.1, 0.15) is 17.3 Å². The van der Waals surface area contributed by atoms with E-state index >= 15 is 0 Å². The molecule has 0 unspecified atom stereocenters. The number of carbonyl (C=O) groups excluding carboxylic acids is 1. The van der Waals surface area contributed by atoms with Crippen LogP contribution in [0, 0.1) is 0 Å². The molecule has 1 N–H and O–H groups in total. The topological polar surface area (TPSA) is 67.4 Å². The molecular weight excluding hydrogens is 304 g/mol. The predicted molar refractivity (Wildman–Crippen MR) is 94.4 cm³/mol. The number of rotatable bonds is 8. The number of benzene rings is 1. The smallest absolute Gasteiger partial charge is 0.271 e. The van der Waals surface area contributed by atoms with E-state index in [1.165, 1.54) is 6.20 Å². The highest BCUT2D eigenvalue weighted by Crippen LogP contribution is 2.16. The summed E-state index contributed by atoms with van der Waals surface area (Å²) in [7, 11) is 3.58. The highest BCUT2D eigenvalue weighted by Gasteiger charge is 2.10. The second-order valence-corrected chi connectivity index (χ2v) is 5.53. The van der Waals surface area contributed by atoms with Crippen molar-refractivity contribution in [2.75, 3.05) is 25.6 Å². The minimum atomic E-state index is -0.254. The fourth-order valence-electron chi connectivity index (χ4n) is 2.26. The molecule has 0 aliphatic heterocycles. The third-order valence-corrected chi connectivity index (χ3v) is 3.74. The minimum Gasteiger partial charge on any atom is -0.496 e. The number of unbranched alkanes of at least 4 members (excludes halogenated alkanes) is 1. The summed E-state index contributed by atoms with van der Waals surface area (Å²) in [4.78, 5) is 22.8. The Morgan fingerprint density at radius 1 is 1.25 bits per heavy atom. The molecule has 128 valence electrons. The molecular formula is C18H24N4O2. The molecule has 6 nitrogen and oxygen atoms in total. The van der Waals surface area contributed by atoms with Crippen molar-refractivity contribution in [1.29, 1.82) is 0 Å². The van der Waals surface area contributed by atoms with Gasteiger partial charge in [0.05, 0.1) is 19.5 Å². The number of methoxy groups -OCH3 is 1. The van der Waals surface area contributed by atoms with Crippen molar-refractivity contribution in [2.24, 2.45) is 0 Å². The van der Waals surface area contributed by atoms with E-state index in [4.69, 9.17) is 4.74 Å². The maximum Gasteiger partial charge on any atom is 0.271 e. The van der Waals surface area contributed by atoms with E-state index in [-0.39, 0.29) is 5.91 Å². The minimum absolute atomic E-state index is 0.254. The van der Waals surface area contributed by atoms with Crippen molar-refractivity contribution in [3.05, 3.63) is 47.9 Å². The predicted octanol–water partition coefficient (Wildman–Crippen LogP) is 2.65. The van der Waals surface area contributed by atoms with Crippen LogP contribution in [0.2, 0.25) is 0 Å². The van der Waals surface area contributed by atoms with Gasteiger partial charge in [0.25, 0.3) is 5.91 Å². The molecule has 0 spiro atoms. The number of hydrogen-bond donors (Lipinski definition) is 1. The van der Waals surface area contributed by atoms with Crippen molar-refractivity contribution in [2.45, 2.75) is 26.3 Å². The lowest BCUT2D eigenvalue weighted by Gasteiger charge is -2.17. The highest BCUT2D eigenvalue weighted by atomic mass is 16.5. The van der Waals surface area contributed by atoms with Crippen LogP contribution in [0.1, 0.15) is 35.8 Å². The fraction of sp³-hybridized carbons (Fsp3) is 0.389. The quantitative estimate of drug-likeness (QED) is 0.807. The molecule has 0 saturated carbocycles. The average Bonchev–Trinajstić information content (AvgIpc) is 2.64. The van der Waals surface area contributed by atoms with Gasteiger partial charge in [-0.25, -0.2) is 9.97 Å². The second-order valence-electron chi connectivity index (χ2n) is 5.53. The summed E-state index contributed by atoms with van der Waals surface area (Å²) in [5.74, 6) is 1.26. The third kappa shape index (κ3) is 4.68. The lowest BCUT2D eigenvalue weighted by Crippen LogP contribution is -2.25. The van der Waals surface area contributed by atoms with Crippen LogP contribution in [0.3, 0.4) is 0 Å². The number of ether oxygens (including phenoxy) is 1. The van der Waals surface area contributed by atoms with E-state index < -0.39 is 0 Å². The molecule has 1 amide bonds. The summed E-state index contributed by atoms with van der Waals surface area (Å²) in [5.41, 5.74) is 1.22. The van der Waals surface area contributed by atoms with Crippen molar-refractivity contribution >= 4 is 11.7 Å². The van der Waals surface area contributed by atoms with Crippen molar-refractivity contribution in [3.63, 3.8) is 0 Å².